The van der Waals surface area contributed by atoms with Gasteiger partial charge in [0.05, 0.1) is 11.4 Å². The first-order valence-corrected chi connectivity index (χ1v) is 8.35. The summed E-state index contributed by atoms with van der Waals surface area (Å²) in [5.74, 6) is 0. The van der Waals surface area contributed by atoms with Gasteiger partial charge in [-0.2, -0.15) is 8.78 Å². The second kappa shape index (κ2) is 6.79. The van der Waals surface area contributed by atoms with E-state index in [9.17, 15) is 21.8 Å². The average Bonchev–Trinajstić information content (AvgIpc) is 3.07. The second-order valence-electron chi connectivity index (χ2n) is 5.13. The zero-order valence-corrected chi connectivity index (χ0v) is 13.4. The molecule has 25 heavy (non-hydrogen) atoms. The fourth-order valence-corrected chi connectivity index (χ4v) is 3.06. The van der Waals surface area contributed by atoms with Crippen LogP contribution in [0.25, 0.3) is 22.5 Å². The van der Waals surface area contributed by atoms with E-state index < -0.39 is 27.6 Å². The number of imidazole rings is 1. The highest BCUT2D eigenvalue weighted by molar-refractivity contribution is 7.86. The van der Waals surface area contributed by atoms with E-state index in [1.165, 1.54) is 0 Å². The molecule has 8 heteroatoms. The zero-order chi connectivity index (χ0) is 18.0. The number of rotatable bonds is 5. The molecule has 1 atom stereocenters. The number of nitrogens with zero attached hydrogens (tertiary/aromatic N) is 1. The Hall–Kier alpha value is -2.48. The molecule has 0 fully saturated rings. The normalized spacial score (nSPS) is 13.2. The first kappa shape index (κ1) is 17.3. The predicted molar refractivity (Wildman–Crippen MR) is 86.8 cm³/mol. The number of hydrogen-bond donors (Lipinski definition) is 1. The minimum atomic E-state index is -4.69. The maximum absolute atomic E-state index is 13.5. The van der Waals surface area contributed by atoms with Gasteiger partial charge in [-0.25, -0.2) is 18.0 Å². The van der Waals surface area contributed by atoms with Gasteiger partial charge in [-0.1, -0.05) is 60.7 Å². The Bertz CT molecular complexity index is 825. The molecule has 0 aliphatic rings. The van der Waals surface area contributed by atoms with Gasteiger partial charge in [-0.15, -0.1) is 0 Å². The molecule has 3 rings (SSSR count). The first-order chi connectivity index (χ1) is 11.9. The monoisotopic (exact) mass is 368 g/mol. The van der Waals surface area contributed by atoms with E-state index in [4.69, 9.17) is 0 Å². The molecule has 2 aromatic carbocycles. The van der Waals surface area contributed by atoms with Crippen LogP contribution in [0, 0.1) is 0 Å². The molecule has 0 radical (unpaired) electrons. The quantitative estimate of drug-likeness (QED) is 0.663. The number of aromatic nitrogens is 2. The van der Waals surface area contributed by atoms with Gasteiger partial charge in [0.1, 0.15) is 0 Å². The van der Waals surface area contributed by atoms with Crippen LogP contribution in [0.5, 0.6) is 0 Å². The van der Waals surface area contributed by atoms with Crippen LogP contribution in [0.1, 0.15) is 0 Å². The summed E-state index contributed by atoms with van der Waals surface area (Å²) in [5, 5.41) is -5.39. The highest BCUT2D eigenvalue weighted by atomic mass is 32.2. The van der Waals surface area contributed by atoms with Crippen LogP contribution in [0.2, 0.25) is 0 Å². The molecule has 0 saturated heterocycles. The van der Waals surface area contributed by atoms with Gasteiger partial charge in [0.2, 0.25) is 5.16 Å². The van der Waals surface area contributed by atoms with Crippen LogP contribution in [-0.4, -0.2) is 25.9 Å². The van der Waals surface area contributed by atoms with Crippen molar-refractivity contribution >= 4 is 10.8 Å². The van der Waals surface area contributed by atoms with Gasteiger partial charge >= 0.3 is 11.7 Å². The molecule has 0 spiro atoms. The molecule has 1 unspecified atom stereocenters. The Labute approximate surface area is 143 Å². The van der Waals surface area contributed by atoms with Crippen LogP contribution in [0.3, 0.4) is 0 Å². The minimum absolute atomic E-state index is 0.264. The third-order valence-corrected chi connectivity index (χ3v) is 4.69. The molecule has 1 N–H and O–H groups in total. The number of nitrogens with one attached hydrogen (secondary N) is 1. The fourth-order valence-electron chi connectivity index (χ4n) is 2.27. The Morgan fingerprint density at radius 2 is 1.44 bits per heavy atom. The van der Waals surface area contributed by atoms with Crippen LogP contribution in [0.4, 0.5) is 17.6 Å². The molecule has 0 bridgehead atoms. The molecule has 0 amide bonds. The highest BCUT2D eigenvalue weighted by Crippen LogP contribution is 2.35. The average molecular weight is 368 g/mol. The molecule has 3 aromatic rings. The smallest absolute Gasteiger partial charge is 0.330 e. The molecule has 130 valence electrons. The van der Waals surface area contributed by atoms with Crippen molar-refractivity contribution in [1.29, 1.82) is 0 Å². The summed E-state index contributed by atoms with van der Waals surface area (Å²) >= 11 is 0. The Morgan fingerprint density at radius 1 is 0.920 bits per heavy atom. The van der Waals surface area contributed by atoms with Crippen LogP contribution >= 0.6 is 0 Å². The van der Waals surface area contributed by atoms with Crippen LogP contribution < -0.4 is 0 Å². The molecule has 0 aliphatic carbocycles. The Balaban J connectivity index is 2.15. The molecular weight excluding hydrogens is 356 g/mol. The number of aromatic amines is 1. The summed E-state index contributed by atoms with van der Waals surface area (Å²) in [6, 6.07) is 17.3. The fraction of sp³-hybridized carbons (Fsp3) is 0.118. The van der Waals surface area contributed by atoms with Gasteiger partial charge in [-0.3, -0.25) is 0 Å². The van der Waals surface area contributed by atoms with Crippen molar-refractivity contribution in [1.82, 2.24) is 9.97 Å². The molecule has 0 aliphatic heterocycles. The largest absolute Gasteiger partial charge is 0.387 e. The number of halogens is 4. The van der Waals surface area contributed by atoms with Crippen molar-refractivity contribution in [2.45, 2.75) is 16.8 Å². The summed E-state index contributed by atoms with van der Waals surface area (Å²) in [4.78, 5) is 6.47. The maximum Gasteiger partial charge on any atom is 0.387 e. The lowest BCUT2D eigenvalue weighted by Crippen LogP contribution is -2.32. The molecule has 1 aromatic heterocycles. The first-order valence-electron chi connectivity index (χ1n) is 7.20. The van der Waals surface area contributed by atoms with Crippen molar-refractivity contribution in [3.05, 3.63) is 60.7 Å². The summed E-state index contributed by atoms with van der Waals surface area (Å²) < 4.78 is 63.9. The highest BCUT2D eigenvalue weighted by Gasteiger charge is 2.49. The summed E-state index contributed by atoms with van der Waals surface area (Å²) in [5.41, 5.74) is 1.79. The molecular formula is C17H12F4N2OS. The van der Waals surface area contributed by atoms with Gasteiger partial charge < -0.3 is 4.98 Å². The van der Waals surface area contributed by atoms with Gasteiger partial charge in [0.25, 0.3) is 0 Å². The lowest BCUT2D eigenvalue weighted by molar-refractivity contribution is -0.0604. The number of benzene rings is 2. The second-order valence-corrected chi connectivity index (χ2v) is 6.60. The minimum Gasteiger partial charge on any atom is -0.330 e. The van der Waals surface area contributed by atoms with E-state index in [0.29, 0.717) is 16.8 Å². The predicted octanol–water partition coefficient (Wildman–Crippen LogP) is 4.71. The Morgan fingerprint density at radius 3 is 1.96 bits per heavy atom. The topological polar surface area (TPSA) is 45.8 Å². The molecule has 1 heterocycles. The van der Waals surface area contributed by atoms with E-state index in [2.05, 4.69) is 9.97 Å². The van der Waals surface area contributed by atoms with Crippen LogP contribution in [0.15, 0.2) is 65.8 Å². The number of H-pyrrole nitrogens is 1. The summed E-state index contributed by atoms with van der Waals surface area (Å²) in [6.45, 7) is 0. The summed E-state index contributed by atoms with van der Waals surface area (Å²) in [7, 11) is -3.31. The van der Waals surface area contributed by atoms with E-state index in [-0.39, 0.29) is 5.69 Å². The van der Waals surface area contributed by atoms with E-state index in [0.717, 1.165) is 0 Å². The van der Waals surface area contributed by atoms with Crippen molar-refractivity contribution in [2.75, 3.05) is 0 Å². The summed E-state index contributed by atoms with van der Waals surface area (Å²) in [6.07, 6.45) is -4.06. The van der Waals surface area contributed by atoms with Gasteiger partial charge in [-0.05, 0) is 0 Å². The Kier molecular flexibility index (Phi) is 4.71. The van der Waals surface area contributed by atoms with E-state index >= 15 is 0 Å². The third-order valence-electron chi connectivity index (χ3n) is 3.47. The zero-order valence-electron chi connectivity index (χ0n) is 12.6. The van der Waals surface area contributed by atoms with Crippen LogP contribution in [-0.2, 0) is 10.8 Å². The van der Waals surface area contributed by atoms with Crippen molar-refractivity contribution in [2.24, 2.45) is 0 Å². The van der Waals surface area contributed by atoms with Crippen molar-refractivity contribution in [3.63, 3.8) is 0 Å². The van der Waals surface area contributed by atoms with E-state index in [1.807, 2.05) is 0 Å². The van der Waals surface area contributed by atoms with Crippen molar-refractivity contribution < 1.29 is 21.8 Å². The third kappa shape index (κ3) is 3.34. The lowest BCUT2D eigenvalue weighted by atomic mass is 10.1. The maximum atomic E-state index is 13.5. The van der Waals surface area contributed by atoms with E-state index in [1.54, 1.807) is 60.7 Å². The standard InChI is InChI=1S/C17H12F4N2OS/c18-15(19)17(20,21)25(24)16-22-13(11-7-3-1-4-8-11)14(23-16)12-9-5-2-6-10-12/h1-10,15H,(H,22,23). The molecule has 0 saturated carbocycles. The lowest BCUT2D eigenvalue weighted by Gasteiger charge is -2.12. The van der Waals surface area contributed by atoms with Crippen molar-refractivity contribution in [3.8, 4) is 22.5 Å². The van der Waals surface area contributed by atoms with Gasteiger partial charge in [0, 0.05) is 11.1 Å². The SMILES string of the molecule is O=S(c1nc(-c2ccccc2)c(-c2ccccc2)[nH]1)C(F)(F)C(F)F. The number of alkyl halides is 4. The van der Waals surface area contributed by atoms with Gasteiger partial charge in [0.15, 0.2) is 10.8 Å². The molecule has 3 nitrogen and oxygen atoms in total. The number of hydrogen-bond acceptors (Lipinski definition) is 2.